The molecule has 2 unspecified atom stereocenters. The summed E-state index contributed by atoms with van der Waals surface area (Å²) in [6, 6.07) is 3.62. The molecule has 1 aromatic heterocycles. The fourth-order valence-corrected chi connectivity index (χ4v) is 3.27. The molecule has 8 heteroatoms. The van der Waals surface area contributed by atoms with Crippen LogP contribution in [0.2, 0.25) is 0 Å². The van der Waals surface area contributed by atoms with Gasteiger partial charge in [-0.25, -0.2) is 4.98 Å². The zero-order valence-corrected chi connectivity index (χ0v) is 16.4. The minimum atomic E-state index is -4.37. The summed E-state index contributed by atoms with van der Waals surface area (Å²) in [5, 5.41) is 16.2. The Labute approximate surface area is 159 Å². The lowest BCUT2D eigenvalue weighted by Gasteiger charge is -2.32. The zero-order valence-electron chi connectivity index (χ0n) is 16.4. The van der Waals surface area contributed by atoms with Crippen molar-refractivity contribution in [2.75, 3.05) is 38.7 Å². The second-order valence-electron chi connectivity index (χ2n) is 6.92. The third kappa shape index (κ3) is 7.63. The molecule has 2 aliphatic heterocycles. The molecule has 0 aromatic carbocycles. The van der Waals surface area contributed by atoms with Gasteiger partial charge < -0.3 is 20.0 Å². The Morgan fingerprint density at radius 1 is 1.11 bits per heavy atom. The number of hydrogen-bond donors (Lipinski definition) is 2. The molecule has 156 valence electrons. The molecule has 2 atom stereocenters. The average Bonchev–Trinajstić information content (AvgIpc) is 2.67. The number of hydrogen-bond acceptors (Lipinski definition) is 5. The van der Waals surface area contributed by atoms with E-state index in [1.54, 1.807) is 11.0 Å². The first-order chi connectivity index (χ1) is 12.8. The molecule has 3 heterocycles. The van der Waals surface area contributed by atoms with E-state index in [1.165, 1.54) is 12.3 Å². The molecule has 0 amide bonds. The summed E-state index contributed by atoms with van der Waals surface area (Å²) in [6.45, 7) is 4.58. The van der Waals surface area contributed by atoms with Crippen molar-refractivity contribution in [1.82, 2.24) is 9.88 Å². The van der Waals surface area contributed by atoms with Crippen LogP contribution >= 0.6 is 0 Å². The molecule has 5 nitrogen and oxygen atoms in total. The number of pyridine rings is 1. The number of anilines is 1. The van der Waals surface area contributed by atoms with Crippen molar-refractivity contribution < 1.29 is 23.4 Å². The molecule has 0 aliphatic carbocycles. The fourth-order valence-electron chi connectivity index (χ4n) is 3.27. The first kappa shape index (κ1) is 23.7. The van der Waals surface area contributed by atoms with Gasteiger partial charge >= 0.3 is 6.18 Å². The third-order valence-corrected chi connectivity index (χ3v) is 4.93. The Bertz CT molecular complexity index is 537. The van der Waals surface area contributed by atoms with Gasteiger partial charge in [-0.05, 0) is 58.2 Å². The van der Waals surface area contributed by atoms with Crippen LogP contribution in [0, 0.1) is 0 Å². The smallest absolute Gasteiger partial charge is 0.400 e. The maximum atomic E-state index is 12.7. The van der Waals surface area contributed by atoms with E-state index in [9.17, 15) is 18.3 Å². The van der Waals surface area contributed by atoms with Gasteiger partial charge in [0.25, 0.3) is 0 Å². The first-order valence-electron chi connectivity index (χ1n) is 9.39. The molecule has 3 rings (SSSR count). The van der Waals surface area contributed by atoms with Crippen LogP contribution in [0.5, 0.6) is 0 Å². The molecule has 1 aromatic rings. The van der Waals surface area contributed by atoms with E-state index in [0.29, 0.717) is 19.1 Å². The van der Waals surface area contributed by atoms with Crippen LogP contribution in [0.25, 0.3) is 0 Å². The quantitative estimate of drug-likeness (QED) is 0.770. The lowest BCUT2D eigenvalue weighted by molar-refractivity contribution is -0.140. The molecule has 0 radical (unpaired) electrons. The summed E-state index contributed by atoms with van der Waals surface area (Å²) in [7, 11) is 3.11. The van der Waals surface area contributed by atoms with E-state index in [2.05, 4.69) is 23.9 Å². The van der Waals surface area contributed by atoms with E-state index in [0.717, 1.165) is 45.8 Å². The standard InChI is InChI=1S/C11H13F3N2.C7H15NO.CH4O/c12-11(13,14)10-9(5-4-6-15-10)16-7-2-1-3-8-16;1-6-5-7(9)3-4-8(6)2;1-2/h4-6H,1-3,7-8H2;6-7,9H,3-5H2,1-2H3;2H,1H3. The Morgan fingerprint density at radius 3 is 2.26 bits per heavy atom. The summed E-state index contributed by atoms with van der Waals surface area (Å²) < 4.78 is 38.1. The van der Waals surface area contributed by atoms with Gasteiger partial charge in [0.1, 0.15) is 0 Å². The predicted octanol–water partition coefficient (Wildman–Crippen LogP) is 3.16. The number of nitrogens with zero attached hydrogens (tertiary/aromatic N) is 3. The van der Waals surface area contributed by atoms with Gasteiger partial charge in [-0.1, -0.05) is 0 Å². The predicted molar refractivity (Wildman–Crippen MR) is 101 cm³/mol. The Balaban J connectivity index is 0.000000282. The minimum absolute atomic E-state index is 0.0452. The van der Waals surface area contributed by atoms with Gasteiger partial charge in [-0.3, -0.25) is 0 Å². The van der Waals surface area contributed by atoms with E-state index >= 15 is 0 Å². The molecular formula is C19H32F3N3O2. The molecule has 0 spiro atoms. The second-order valence-corrected chi connectivity index (χ2v) is 6.92. The van der Waals surface area contributed by atoms with Crippen LogP contribution in [0.1, 0.15) is 44.7 Å². The van der Waals surface area contributed by atoms with Gasteiger partial charge in [0.2, 0.25) is 0 Å². The highest BCUT2D eigenvalue weighted by atomic mass is 19.4. The zero-order chi connectivity index (χ0) is 20.4. The summed E-state index contributed by atoms with van der Waals surface area (Å²) in [5.41, 5.74) is -0.549. The fraction of sp³-hybridized carbons (Fsp3) is 0.737. The van der Waals surface area contributed by atoms with Crippen LogP contribution in [-0.4, -0.2) is 66.0 Å². The van der Waals surface area contributed by atoms with Crippen molar-refractivity contribution in [3.05, 3.63) is 24.0 Å². The Morgan fingerprint density at radius 2 is 1.74 bits per heavy atom. The normalized spacial score (nSPS) is 23.6. The molecule has 2 saturated heterocycles. The topological polar surface area (TPSA) is 59.8 Å². The summed E-state index contributed by atoms with van der Waals surface area (Å²) in [4.78, 5) is 7.52. The highest BCUT2D eigenvalue weighted by Gasteiger charge is 2.36. The SMILES string of the molecule is CC1CC(O)CCN1C.CO.FC(F)(F)c1ncccc1N1CCCCC1. The number of alkyl halides is 3. The number of piperidine rings is 2. The van der Waals surface area contributed by atoms with E-state index in [-0.39, 0.29) is 11.8 Å². The van der Waals surface area contributed by atoms with E-state index in [4.69, 9.17) is 5.11 Å². The number of aliphatic hydroxyl groups excluding tert-OH is 2. The van der Waals surface area contributed by atoms with Gasteiger partial charge in [0, 0.05) is 39.0 Å². The Hall–Kier alpha value is -1.38. The van der Waals surface area contributed by atoms with Crippen LogP contribution in [0.3, 0.4) is 0 Å². The van der Waals surface area contributed by atoms with Crippen molar-refractivity contribution in [3.63, 3.8) is 0 Å². The van der Waals surface area contributed by atoms with Crippen molar-refractivity contribution in [3.8, 4) is 0 Å². The Kier molecular flexibility index (Phi) is 10.0. The maximum Gasteiger partial charge on any atom is 0.435 e. The number of halogens is 3. The van der Waals surface area contributed by atoms with Crippen LogP contribution < -0.4 is 4.90 Å². The summed E-state index contributed by atoms with van der Waals surface area (Å²) >= 11 is 0. The van der Waals surface area contributed by atoms with E-state index in [1.807, 2.05) is 0 Å². The van der Waals surface area contributed by atoms with Crippen molar-refractivity contribution in [2.45, 2.75) is 57.3 Å². The minimum Gasteiger partial charge on any atom is -0.400 e. The van der Waals surface area contributed by atoms with Gasteiger partial charge in [0.05, 0.1) is 11.8 Å². The number of rotatable bonds is 1. The van der Waals surface area contributed by atoms with Crippen LogP contribution in [0.15, 0.2) is 18.3 Å². The third-order valence-electron chi connectivity index (χ3n) is 4.93. The van der Waals surface area contributed by atoms with Crippen LogP contribution in [0.4, 0.5) is 18.9 Å². The van der Waals surface area contributed by atoms with Gasteiger partial charge in [-0.2, -0.15) is 13.2 Å². The van der Waals surface area contributed by atoms with Crippen molar-refractivity contribution in [2.24, 2.45) is 0 Å². The molecule has 2 fully saturated rings. The van der Waals surface area contributed by atoms with Crippen molar-refractivity contribution >= 4 is 5.69 Å². The largest absolute Gasteiger partial charge is 0.435 e. The summed E-state index contributed by atoms with van der Waals surface area (Å²) in [6.07, 6.45) is 1.66. The highest BCUT2D eigenvalue weighted by molar-refractivity contribution is 5.51. The monoisotopic (exact) mass is 391 g/mol. The molecular weight excluding hydrogens is 359 g/mol. The lowest BCUT2D eigenvalue weighted by atomic mass is 10.0. The molecule has 27 heavy (non-hydrogen) atoms. The molecule has 2 aliphatic rings. The summed E-state index contributed by atoms with van der Waals surface area (Å²) in [5.74, 6) is 0. The van der Waals surface area contributed by atoms with Crippen LogP contribution in [-0.2, 0) is 6.18 Å². The first-order valence-corrected chi connectivity index (χ1v) is 9.39. The number of aromatic nitrogens is 1. The van der Waals surface area contributed by atoms with E-state index < -0.39 is 11.9 Å². The van der Waals surface area contributed by atoms with Gasteiger partial charge in [-0.15, -0.1) is 0 Å². The number of likely N-dealkylation sites (tertiary alicyclic amines) is 1. The van der Waals surface area contributed by atoms with Gasteiger partial charge in [0.15, 0.2) is 5.69 Å². The molecule has 0 bridgehead atoms. The molecule has 2 N–H and O–H groups in total. The number of aliphatic hydroxyl groups is 2. The maximum absolute atomic E-state index is 12.7. The molecule has 0 saturated carbocycles. The average molecular weight is 391 g/mol. The second kappa shape index (κ2) is 11.5. The van der Waals surface area contributed by atoms with Crippen molar-refractivity contribution in [1.29, 1.82) is 0 Å². The lowest BCUT2D eigenvalue weighted by Crippen LogP contribution is -2.39. The highest BCUT2D eigenvalue weighted by Crippen LogP contribution is 2.35.